The van der Waals surface area contributed by atoms with Crippen LogP contribution in [-0.4, -0.2) is 48.2 Å². The van der Waals surface area contributed by atoms with E-state index in [9.17, 15) is 8.42 Å². The molecule has 8 heteroatoms. The van der Waals surface area contributed by atoms with Crippen LogP contribution in [0.15, 0.2) is 58.4 Å². The first-order chi connectivity index (χ1) is 14.4. The number of rotatable bonds is 10. The quantitative estimate of drug-likeness (QED) is 0.305. The van der Waals surface area contributed by atoms with Crippen LogP contribution in [0, 0.1) is 6.92 Å². The van der Waals surface area contributed by atoms with Crippen LogP contribution in [0.25, 0.3) is 0 Å². The summed E-state index contributed by atoms with van der Waals surface area (Å²) >= 11 is 0. The second-order valence-corrected chi connectivity index (χ2v) is 8.87. The van der Waals surface area contributed by atoms with Gasteiger partial charge in [0, 0.05) is 26.7 Å². The molecule has 7 nitrogen and oxygen atoms in total. The molecular formula is C22H32N4O3S. The summed E-state index contributed by atoms with van der Waals surface area (Å²) < 4.78 is 32.4. The third-order valence-electron chi connectivity index (χ3n) is 4.82. The molecule has 30 heavy (non-hydrogen) atoms. The van der Waals surface area contributed by atoms with Gasteiger partial charge in [0.15, 0.2) is 5.96 Å². The molecule has 0 amide bonds. The number of guanidine groups is 1. The molecule has 1 unspecified atom stereocenters. The van der Waals surface area contributed by atoms with Gasteiger partial charge < -0.3 is 15.4 Å². The Hall–Kier alpha value is -2.58. The topological polar surface area (TPSA) is 91.8 Å². The zero-order chi connectivity index (χ0) is 22.0. The number of nitrogens with one attached hydrogen (secondary N) is 3. The lowest BCUT2D eigenvalue weighted by Gasteiger charge is -2.16. The molecule has 3 N–H and O–H groups in total. The fourth-order valence-corrected chi connectivity index (χ4v) is 3.93. The van der Waals surface area contributed by atoms with Crippen molar-refractivity contribution in [1.29, 1.82) is 0 Å². The van der Waals surface area contributed by atoms with Crippen LogP contribution in [0.2, 0.25) is 0 Å². The molecule has 0 spiro atoms. The molecule has 0 fully saturated rings. The zero-order valence-electron chi connectivity index (χ0n) is 18.1. The average Bonchev–Trinajstić information content (AvgIpc) is 2.75. The van der Waals surface area contributed by atoms with Crippen LogP contribution < -0.4 is 20.1 Å². The van der Waals surface area contributed by atoms with E-state index in [1.807, 2.05) is 19.1 Å². The summed E-state index contributed by atoms with van der Waals surface area (Å²) in [6.45, 7) is 5.55. The van der Waals surface area contributed by atoms with Crippen LogP contribution in [0.3, 0.4) is 0 Å². The van der Waals surface area contributed by atoms with Gasteiger partial charge in [0.25, 0.3) is 0 Å². The first kappa shape index (κ1) is 23.7. The number of hydrogen-bond acceptors (Lipinski definition) is 4. The van der Waals surface area contributed by atoms with E-state index in [4.69, 9.17) is 4.74 Å². The van der Waals surface area contributed by atoms with Crippen LogP contribution in [0.5, 0.6) is 5.75 Å². The summed E-state index contributed by atoms with van der Waals surface area (Å²) in [6, 6.07) is 14.9. The Bertz CT molecular complexity index is 910. The van der Waals surface area contributed by atoms with Gasteiger partial charge in [-0.05, 0) is 49.1 Å². The lowest BCUT2D eigenvalue weighted by molar-refractivity contribution is 0.414. The third kappa shape index (κ3) is 7.35. The van der Waals surface area contributed by atoms with Crippen molar-refractivity contribution in [2.45, 2.75) is 31.1 Å². The van der Waals surface area contributed by atoms with Gasteiger partial charge >= 0.3 is 0 Å². The lowest BCUT2D eigenvalue weighted by Crippen LogP contribution is -2.42. The second-order valence-electron chi connectivity index (χ2n) is 7.10. The first-order valence-electron chi connectivity index (χ1n) is 10.0. The van der Waals surface area contributed by atoms with E-state index in [2.05, 4.69) is 39.4 Å². The van der Waals surface area contributed by atoms with E-state index < -0.39 is 10.0 Å². The van der Waals surface area contributed by atoms with E-state index in [0.29, 0.717) is 18.4 Å². The summed E-state index contributed by atoms with van der Waals surface area (Å²) in [4.78, 5) is 4.45. The fraction of sp³-hybridized carbons (Fsp3) is 0.409. The number of nitrogens with zero attached hydrogens (tertiary/aromatic N) is 1. The van der Waals surface area contributed by atoms with Crippen LogP contribution in [-0.2, 0) is 10.0 Å². The largest absolute Gasteiger partial charge is 0.497 e. The normalized spacial score (nSPS) is 13.0. The maximum absolute atomic E-state index is 12.3. The minimum atomic E-state index is -3.50. The van der Waals surface area contributed by atoms with E-state index >= 15 is 0 Å². The zero-order valence-corrected chi connectivity index (χ0v) is 18.9. The molecule has 0 aliphatic heterocycles. The number of ether oxygens (including phenoxy) is 1. The molecule has 0 aliphatic carbocycles. The Morgan fingerprint density at radius 1 is 1.00 bits per heavy atom. The van der Waals surface area contributed by atoms with Gasteiger partial charge in [0.05, 0.1) is 12.0 Å². The molecule has 0 heterocycles. The highest BCUT2D eigenvalue weighted by Gasteiger charge is 2.12. The van der Waals surface area contributed by atoms with Crippen molar-refractivity contribution >= 4 is 16.0 Å². The summed E-state index contributed by atoms with van der Waals surface area (Å²) in [5.41, 5.74) is 2.28. The predicted molar refractivity (Wildman–Crippen MR) is 122 cm³/mol. The molecule has 2 aromatic rings. The molecule has 0 bridgehead atoms. The van der Waals surface area contributed by atoms with Gasteiger partial charge in [0.1, 0.15) is 5.75 Å². The van der Waals surface area contributed by atoms with Crippen molar-refractivity contribution in [3.05, 3.63) is 59.7 Å². The number of sulfonamides is 1. The Morgan fingerprint density at radius 3 is 2.23 bits per heavy atom. The van der Waals surface area contributed by atoms with E-state index in [0.717, 1.165) is 24.3 Å². The summed E-state index contributed by atoms with van der Waals surface area (Å²) in [5, 5.41) is 6.39. The van der Waals surface area contributed by atoms with Gasteiger partial charge in [-0.15, -0.1) is 0 Å². The third-order valence-corrected chi connectivity index (χ3v) is 6.30. The Kier molecular flexibility index (Phi) is 9.14. The van der Waals surface area contributed by atoms with Gasteiger partial charge in [-0.25, -0.2) is 13.1 Å². The maximum Gasteiger partial charge on any atom is 0.240 e. The number of aliphatic imine (C=N–C) groups is 1. The van der Waals surface area contributed by atoms with Gasteiger partial charge in [0.2, 0.25) is 10.0 Å². The molecule has 0 aromatic heterocycles. The summed E-state index contributed by atoms with van der Waals surface area (Å²) in [7, 11) is -0.151. The number of benzene rings is 2. The SMILES string of the molecule is CN=C(NCCNS(=O)(=O)c1ccc(C)cc1)NCCC(C)c1ccc(OC)cc1. The molecule has 0 saturated heterocycles. The lowest BCUT2D eigenvalue weighted by atomic mass is 9.98. The van der Waals surface area contributed by atoms with E-state index in [-0.39, 0.29) is 11.4 Å². The molecule has 2 aromatic carbocycles. The average molecular weight is 433 g/mol. The Balaban J connectivity index is 1.71. The molecule has 164 valence electrons. The highest BCUT2D eigenvalue weighted by atomic mass is 32.2. The van der Waals surface area contributed by atoms with Crippen molar-refractivity contribution in [1.82, 2.24) is 15.4 Å². The van der Waals surface area contributed by atoms with Crippen LogP contribution in [0.1, 0.15) is 30.4 Å². The predicted octanol–water partition coefficient (Wildman–Crippen LogP) is 2.64. The molecule has 0 aliphatic rings. The summed E-state index contributed by atoms with van der Waals surface area (Å²) in [5.74, 6) is 1.89. The van der Waals surface area contributed by atoms with Gasteiger partial charge in [-0.1, -0.05) is 36.8 Å². The minimum Gasteiger partial charge on any atom is -0.497 e. The maximum atomic E-state index is 12.3. The monoisotopic (exact) mass is 432 g/mol. The van der Waals surface area contributed by atoms with Crippen molar-refractivity contribution < 1.29 is 13.2 Å². The summed E-state index contributed by atoms with van der Waals surface area (Å²) in [6.07, 6.45) is 0.938. The first-order valence-corrected chi connectivity index (χ1v) is 11.5. The van der Waals surface area contributed by atoms with E-state index in [1.165, 1.54) is 5.56 Å². The minimum absolute atomic E-state index is 0.263. The molecule has 0 saturated carbocycles. The highest BCUT2D eigenvalue weighted by molar-refractivity contribution is 7.89. The van der Waals surface area contributed by atoms with Crippen molar-refractivity contribution in [3.8, 4) is 5.75 Å². The smallest absolute Gasteiger partial charge is 0.240 e. The standard InChI is InChI=1S/C22H32N4O3S/c1-17-5-11-21(12-6-17)30(27,28)26-16-15-25-22(23-3)24-14-13-18(2)19-7-9-20(29-4)10-8-19/h5-12,18,26H,13-16H2,1-4H3,(H2,23,24,25). The Morgan fingerprint density at radius 2 is 1.63 bits per heavy atom. The Labute approximate surface area is 180 Å². The van der Waals surface area contributed by atoms with E-state index in [1.54, 1.807) is 38.4 Å². The second kappa shape index (κ2) is 11.6. The fourth-order valence-electron chi connectivity index (χ4n) is 2.89. The van der Waals surface area contributed by atoms with Gasteiger partial charge in [-0.2, -0.15) is 0 Å². The number of aryl methyl sites for hydroxylation is 1. The number of methoxy groups -OCH3 is 1. The van der Waals surface area contributed by atoms with Crippen LogP contribution in [0.4, 0.5) is 0 Å². The van der Waals surface area contributed by atoms with Crippen molar-refractivity contribution in [2.24, 2.45) is 4.99 Å². The highest BCUT2D eigenvalue weighted by Crippen LogP contribution is 2.21. The molecule has 2 rings (SSSR count). The van der Waals surface area contributed by atoms with Crippen LogP contribution >= 0.6 is 0 Å². The van der Waals surface area contributed by atoms with Crippen molar-refractivity contribution in [2.75, 3.05) is 33.8 Å². The molecular weight excluding hydrogens is 400 g/mol. The number of hydrogen-bond donors (Lipinski definition) is 3. The van der Waals surface area contributed by atoms with Crippen molar-refractivity contribution in [3.63, 3.8) is 0 Å². The van der Waals surface area contributed by atoms with Gasteiger partial charge in [-0.3, -0.25) is 4.99 Å². The molecule has 0 radical (unpaired) electrons. The molecule has 1 atom stereocenters.